The van der Waals surface area contributed by atoms with E-state index in [1.165, 1.54) is 0 Å². The molecule has 1 aliphatic heterocycles. The van der Waals surface area contributed by atoms with Gasteiger partial charge in [-0.05, 0) is 6.92 Å². The molecule has 2 unspecified atom stereocenters. The number of hydrogen-bond donors (Lipinski definition) is 0. The zero-order valence-corrected chi connectivity index (χ0v) is 6.24. The third-order valence-corrected chi connectivity index (χ3v) is 1.97. The molecule has 0 aromatic carbocycles. The standard InChI is InChI=1S/C5H8BrFO/c1-5(3-8-5)4(7)2-6/h4H,2-3H2,1H3. The normalized spacial score (nSPS) is 39.4. The molecule has 0 bridgehead atoms. The van der Waals surface area contributed by atoms with Gasteiger partial charge in [0.1, 0.15) is 11.8 Å². The first kappa shape index (κ1) is 6.49. The Bertz CT molecular complexity index is 92.4. The van der Waals surface area contributed by atoms with Crippen LogP contribution >= 0.6 is 15.9 Å². The summed E-state index contributed by atoms with van der Waals surface area (Å²) in [6.45, 7) is 2.35. The first-order valence-electron chi connectivity index (χ1n) is 2.53. The van der Waals surface area contributed by atoms with Crippen molar-refractivity contribution < 1.29 is 9.13 Å². The van der Waals surface area contributed by atoms with E-state index in [1.54, 1.807) is 6.92 Å². The van der Waals surface area contributed by atoms with Crippen LogP contribution in [-0.2, 0) is 4.74 Å². The molecule has 0 aliphatic carbocycles. The highest BCUT2D eigenvalue weighted by atomic mass is 79.9. The van der Waals surface area contributed by atoms with Crippen LogP contribution in [0.1, 0.15) is 6.92 Å². The van der Waals surface area contributed by atoms with E-state index >= 15 is 0 Å². The van der Waals surface area contributed by atoms with E-state index in [9.17, 15) is 4.39 Å². The van der Waals surface area contributed by atoms with Gasteiger partial charge in [0.2, 0.25) is 0 Å². The third kappa shape index (κ3) is 1.03. The number of hydrogen-bond acceptors (Lipinski definition) is 1. The van der Waals surface area contributed by atoms with E-state index in [0.717, 1.165) is 0 Å². The van der Waals surface area contributed by atoms with Gasteiger partial charge < -0.3 is 4.74 Å². The molecule has 0 radical (unpaired) electrons. The molecule has 0 aromatic rings. The van der Waals surface area contributed by atoms with Gasteiger partial charge in [0.15, 0.2) is 0 Å². The average molecular weight is 183 g/mol. The number of rotatable bonds is 2. The zero-order chi connectivity index (χ0) is 6.20. The Hall–Kier alpha value is 0.370. The van der Waals surface area contributed by atoms with Crippen LogP contribution in [0.2, 0.25) is 0 Å². The van der Waals surface area contributed by atoms with Crippen molar-refractivity contribution in [1.82, 2.24) is 0 Å². The molecule has 1 rings (SSSR count). The topological polar surface area (TPSA) is 12.5 Å². The summed E-state index contributed by atoms with van der Waals surface area (Å²) in [5, 5.41) is 0.378. The Balaban J connectivity index is 2.34. The van der Waals surface area contributed by atoms with Gasteiger partial charge in [0.05, 0.1) is 6.61 Å². The van der Waals surface area contributed by atoms with Crippen molar-refractivity contribution in [3.8, 4) is 0 Å². The SMILES string of the molecule is CC1(C(F)CBr)CO1. The Kier molecular flexibility index (Phi) is 1.59. The van der Waals surface area contributed by atoms with E-state index in [1.807, 2.05) is 0 Å². The molecule has 1 saturated heterocycles. The van der Waals surface area contributed by atoms with Gasteiger partial charge in [-0.15, -0.1) is 0 Å². The van der Waals surface area contributed by atoms with Gasteiger partial charge in [-0.25, -0.2) is 4.39 Å². The molecule has 3 heteroatoms. The van der Waals surface area contributed by atoms with E-state index in [2.05, 4.69) is 15.9 Å². The maximum Gasteiger partial charge on any atom is 0.141 e. The van der Waals surface area contributed by atoms with Gasteiger partial charge in [-0.3, -0.25) is 0 Å². The minimum atomic E-state index is -0.845. The van der Waals surface area contributed by atoms with Gasteiger partial charge in [0, 0.05) is 5.33 Å². The molecule has 48 valence electrons. The molecule has 0 amide bonds. The van der Waals surface area contributed by atoms with E-state index in [0.29, 0.717) is 11.9 Å². The van der Waals surface area contributed by atoms with Crippen LogP contribution in [0.15, 0.2) is 0 Å². The van der Waals surface area contributed by atoms with Crippen LogP contribution in [0.4, 0.5) is 4.39 Å². The van der Waals surface area contributed by atoms with Gasteiger partial charge in [0.25, 0.3) is 0 Å². The quantitative estimate of drug-likeness (QED) is 0.466. The van der Waals surface area contributed by atoms with Gasteiger partial charge in [-0.2, -0.15) is 0 Å². The fraction of sp³-hybridized carbons (Fsp3) is 1.00. The summed E-state index contributed by atoms with van der Waals surface area (Å²) in [4.78, 5) is 0. The zero-order valence-electron chi connectivity index (χ0n) is 4.66. The number of alkyl halides is 2. The fourth-order valence-electron chi connectivity index (χ4n) is 0.458. The molecule has 0 spiro atoms. The Morgan fingerprint density at radius 3 is 2.62 bits per heavy atom. The van der Waals surface area contributed by atoms with Gasteiger partial charge in [-0.1, -0.05) is 15.9 Å². The second-order valence-electron chi connectivity index (χ2n) is 2.22. The molecule has 1 aliphatic rings. The lowest BCUT2D eigenvalue weighted by molar-refractivity contribution is 0.195. The minimum absolute atomic E-state index is 0.378. The smallest absolute Gasteiger partial charge is 0.141 e. The predicted octanol–water partition coefficient (Wildman–Crippen LogP) is 1.51. The molecule has 2 atom stereocenters. The molecule has 0 saturated carbocycles. The van der Waals surface area contributed by atoms with E-state index < -0.39 is 11.8 Å². The molecule has 8 heavy (non-hydrogen) atoms. The summed E-state index contributed by atoms with van der Waals surface area (Å²) < 4.78 is 17.4. The van der Waals surface area contributed by atoms with E-state index in [-0.39, 0.29) is 0 Å². The van der Waals surface area contributed by atoms with Crippen molar-refractivity contribution in [3.05, 3.63) is 0 Å². The minimum Gasteiger partial charge on any atom is -0.367 e. The van der Waals surface area contributed by atoms with Crippen molar-refractivity contribution >= 4 is 15.9 Å². The van der Waals surface area contributed by atoms with Crippen molar-refractivity contribution in [1.29, 1.82) is 0 Å². The van der Waals surface area contributed by atoms with Crippen molar-refractivity contribution in [2.24, 2.45) is 0 Å². The lowest BCUT2D eigenvalue weighted by Crippen LogP contribution is -2.22. The van der Waals surface area contributed by atoms with E-state index in [4.69, 9.17) is 4.74 Å². The van der Waals surface area contributed by atoms with Crippen molar-refractivity contribution in [2.75, 3.05) is 11.9 Å². The lowest BCUT2D eigenvalue weighted by atomic mass is 10.1. The highest BCUT2D eigenvalue weighted by Gasteiger charge is 2.47. The summed E-state index contributed by atoms with van der Waals surface area (Å²) in [6, 6.07) is 0. The molecule has 1 fully saturated rings. The molecule has 0 aromatic heterocycles. The van der Waals surface area contributed by atoms with Gasteiger partial charge >= 0.3 is 0 Å². The predicted molar refractivity (Wildman–Crippen MR) is 33.0 cm³/mol. The molecular weight excluding hydrogens is 175 g/mol. The summed E-state index contributed by atoms with van der Waals surface area (Å²) in [5.74, 6) is 0. The summed E-state index contributed by atoms with van der Waals surface area (Å²) in [5.41, 5.74) is -0.455. The fourth-order valence-corrected chi connectivity index (χ4v) is 1.14. The highest BCUT2D eigenvalue weighted by molar-refractivity contribution is 9.09. The lowest BCUT2D eigenvalue weighted by Gasteiger charge is -2.06. The van der Waals surface area contributed by atoms with Crippen LogP contribution in [0.5, 0.6) is 0 Å². The Labute approximate surface area is 56.3 Å². The second kappa shape index (κ2) is 1.95. The van der Waals surface area contributed by atoms with Crippen LogP contribution in [-0.4, -0.2) is 23.7 Å². The summed E-state index contributed by atoms with van der Waals surface area (Å²) in [7, 11) is 0. The monoisotopic (exact) mass is 182 g/mol. The Morgan fingerprint density at radius 2 is 2.50 bits per heavy atom. The first-order valence-corrected chi connectivity index (χ1v) is 3.65. The first-order chi connectivity index (χ1) is 3.69. The number of epoxide rings is 1. The maximum absolute atomic E-state index is 12.5. The number of halogens is 2. The summed E-state index contributed by atoms with van der Waals surface area (Å²) >= 11 is 3.04. The third-order valence-electron chi connectivity index (χ3n) is 1.40. The molecule has 1 heterocycles. The van der Waals surface area contributed by atoms with Crippen LogP contribution < -0.4 is 0 Å². The largest absolute Gasteiger partial charge is 0.367 e. The van der Waals surface area contributed by atoms with Crippen molar-refractivity contribution in [3.63, 3.8) is 0 Å². The number of ether oxygens (including phenoxy) is 1. The Morgan fingerprint density at radius 1 is 2.00 bits per heavy atom. The second-order valence-corrected chi connectivity index (χ2v) is 2.87. The average Bonchev–Trinajstić information content (AvgIpc) is 2.47. The molecule has 1 nitrogen and oxygen atoms in total. The summed E-state index contributed by atoms with van der Waals surface area (Å²) in [6.07, 6.45) is -0.845. The highest BCUT2D eigenvalue weighted by Crippen LogP contribution is 2.32. The van der Waals surface area contributed by atoms with Crippen LogP contribution in [0.25, 0.3) is 0 Å². The molecule has 0 N–H and O–H groups in total. The van der Waals surface area contributed by atoms with Crippen LogP contribution in [0, 0.1) is 0 Å². The van der Waals surface area contributed by atoms with Crippen LogP contribution in [0.3, 0.4) is 0 Å². The van der Waals surface area contributed by atoms with Crippen molar-refractivity contribution in [2.45, 2.75) is 18.7 Å². The molecular formula is C5H8BrFO. The maximum atomic E-state index is 12.5.